The van der Waals surface area contributed by atoms with E-state index in [9.17, 15) is 11.0 Å². The molecular formula is C57H39N5Si. The summed E-state index contributed by atoms with van der Waals surface area (Å²) < 4.78 is 230. The third-order valence-corrected chi connectivity index (χ3v) is 15.4. The maximum atomic E-state index is 10.3. The zero-order valence-corrected chi connectivity index (χ0v) is 33.3. The number of aromatic nitrogens is 5. The molecule has 0 unspecified atom stereocenters. The fraction of sp³-hybridized carbons (Fsp3) is 0. The zero-order chi connectivity index (χ0) is 63.5. The third-order valence-electron chi connectivity index (χ3n) is 10.8. The van der Waals surface area contributed by atoms with Gasteiger partial charge in [0, 0.05) is 27.1 Å². The van der Waals surface area contributed by atoms with Crippen LogP contribution in [0.1, 0.15) is 34.3 Å². The van der Waals surface area contributed by atoms with E-state index >= 15 is 0 Å². The summed E-state index contributed by atoms with van der Waals surface area (Å²) in [5.74, 6) is -2.42. The van der Waals surface area contributed by atoms with Crippen LogP contribution in [0.15, 0.2) is 236 Å². The molecule has 0 amide bonds. The molecule has 6 heteroatoms. The van der Waals surface area contributed by atoms with Gasteiger partial charge in [0.2, 0.25) is 11.9 Å². The monoisotopic (exact) mass is 846 g/mol. The third kappa shape index (κ3) is 5.95. The Morgan fingerprint density at radius 3 is 1.24 bits per heavy atom. The minimum absolute atomic E-state index is 0.156. The van der Waals surface area contributed by atoms with Gasteiger partial charge in [-0.05, 0) is 56.0 Å². The molecule has 0 spiro atoms. The van der Waals surface area contributed by atoms with Crippen molar-refractivity contribution < 1.29 is 34.3 Å². The molecule has 0 aliphatic rings. The molecule has 0 atom stereocenters. The molecule has 296 valence electrons. The van der Waals surface area contributed by atoms with Crippen molar-refractivity contribution in [2.24, 2.45) is 0 Å². The summed E-state index contributed by atoms with van der Waals surface area (Å²) in [7, 11) is -4.35. The minimum atomic E-state index is -4.35. The Morgan fingerprint density at radius 2 is 0.762 bits per heavy atom. The molecule has 0 N–H and O–H groups in total. The van der Waals surface area contributed by atoms with Gasteiger partial charge in [0.1, 0.15) is 0 Å². The van der Waals surface area contributed by atoms with E-state index in [-0.39, 0.29) is 16.3 Å². The predicted octanol–water partition coefficient (Wildman–Crippen LogP) is 10.8. The molecule has 3 heterocycles. The van der Waals surface area contributed by atoms with Crippen molar-refractivity contribution in [3.8, 4) is 34.4 Å². The number of rotatable bonds is 8. The predicted molar refractivity (Wildman–Crippen MR) is 263 cm³/mol. The molecule has 0 aliphatic heterocycles. The molecule has 12 aromatic rings. The van der Waals surface area contributed by atoms with E-state index in [0.29, 0.717) is 15.6 Å². The highest BCUT2D eigenvalue weighted by Gasteiger charge is 2.41. The van der Waals surface area contributed by atoms with Crippen molar-refractivity contribution in [2.75, 3.05) is 0 Å². The quantitative estimate of drug-likeness (QED) is 0.113. The van der Waals surface area contributed by atoms with E-state index in [2.05, 4.69) is 0 Å². The normalized spacial score (nSPS) is 17.4. The topological polar surface area (TPSA) is 48.5 Å². The molecule has 3 aromatic heterocycles. The lowest BCUT2D eigenvalue weighted by Gasteiger charge is -2.34. The highest BCUT2D eigenvalue weighted by Crippen LogP contribution is 2.34. The summed E-state index contributed by atoms with van der Waals surface area (Å²) in [5.41, 5.74) is -2.84. The Hall–Kier alpha value is -8.19. The Morgan fingerprint density at radius 1 is 0.333 bits per heavy atom. The fourth-order valence-electron chi connectivity index (χ4n) is 8.13. The summed E-state index contributed by atoms with van der Waals surface area (Å²) in [6.45, 7) is 0. The van der Waals surface area contributed by atoms with Crippen molar-refractivity contribution in [3.05, 3.63) is 236 Å². The van der Waals surface area contributed by atoms with Gasteiger partial charge >= 0.3 is 0 Å². The van der Waals surface area contributed by atoms with E-state index in [0.717, 1.165) is 9.13 Å². The first kappa shape index (κ1) is 19.2. The van der Waals surface area contributed by atoms with Crippen LogP contribution >= 0.6 is 0 Å². The second kappa shape index (κ2) is 15.1. The van der Waals surface area contributed by atoms with Gasteiger partial charge in [0.25, 0.3) is 0 Å². The first-order valence-electron chi connectivity index (χ1n) is 31.8. The van der Waals surface area contributed by atoms with E-state index < -0.39 is 226 Å². The van der Waals surface area contributed by atoms with Crippen molar-refractivity contribution in [3.63, 3.8) is 0 Å². The van der Waals surface area contributed by atoms with Crippen molar-refractivity contribution in [2.45, 2.75) is 0 Å². The number of para-hydroxylation sites is 4. The van der Waals surface area contributed by atoms with Crippen LogP contribution in [-0.2, 0) is 0 Å². The van der Waals surface area contributed by atoms with Crippen LogP contribution in [0.2, 0.25) is 0 Å². The number of benzene rings is 9. The minimum Gasteiger partial charge on any atom is -0.278 e. The van der Waals surface area contributed by atoms with E-state index in [1.165, 1.54) is 0 Å². The Labute approximate surface area is 401 Å². The molecule has 5 nitrogen and oxygen atoms in total. The molecule has 0 aliphatic carbocycles. The SMILES string of the molecule is [2H]c1c([2H])c([2H])c(-c2cccc([Si](c3ccccc3)(c3ccccc3)c3c([2H])c([2H])c(-c4nc(-n5c6c([2H])c([2H])c([2H])c([2H])c6c6c([2H])c([2H])c([2H])c([2H])c65)nc(-n5c6c([2H])c([2H])c([2H])c([2H])c6c6c([2H])c([2H])c([2H])c([2H])c65)n4)c([2H])c3[2H])c2)c([2H])c1[2H]. The van der Waals surface area contributed by atoms with Gasteiger partial charge in [-0.3, -0.25) is 9.13 Å². The average molecular weight is 847 g/mol. The van der Waals surface area contributed by atoms with Gasteiger partial charge in [0.05, 0.1) is 56.3 Å². The van der Waals surface area contributed by atoms with Crippen molar-refractivity contribution in [1.82, 2.24) is 24.1 Å². The summed E-state index contributed by atoms with van der Waals surface area (Å²) in [4.78, 5) is 14.1. The van der Waals surface area contributed by atoms with Crippen LogP contribution in [0.3, 0.4) is 0 Å². The summed E-state index contributed by atoms with van der Waals surface area (Å²) >= 11 is 0. The van der Waals surface area contributed by atoms with Crippen LogP contribution in [-0.4, -0.2) is 32.2 Å². The molecule has 0 saturated carbocycles. The molecule has 63 heavy (non-hydrogen) atoms. The Bertz CT molecular complexity index is 4680. The lowest BCUT2D eigenvalue weighted by atomic mass is 10.1. The first-order valence-corrected chi connectivity index (χ1v) is 21.3. The zero-order valence-electron chi connectivity index (χ0n) is 57.3. The van der Waals surface area contributed by atoms with E-state index in [1.54, 1.807) is 84.9 Å². The van der Waals surface area contributed by atoms with Crippen molar-refractivity contribution >= 4 is 72.4 Å². The summed E-state index contributed by atoms with van der Waals surface area (Å²) in [6, 6.07) is 4.88. The van der Waals surface area contributed by atoms with Gasteiger partial charge in [-0.2, -0.15) is 15.0 Å². The average Bonchev–Trinajstić information content (AvgIpc) is 1.47. The van der Waals surface area contributed by atoms with Gasteiger partial charge in [0.15, 0.2) is 13.9 Å². The number of fused-ring (bicyclic) bond motifs is 6. The molecule has 0 fully saturated rings. The molecular weight excluding hydrogens is 783 g/mol. The van der Waals surface area contributed by atoms with Crippen molar-refractivity contribution in [1.29, 1.82) is 0 Å². The lowest BCUT2D eigenvalue weighted by molar-refractivity contribution is 0.893. The van der Waals surface area contributed by atoms with Gasteiger partial charge in [-0.1, -0.05) is 212 Å². The highest BCUT2D eigenvalue weighted by atomic mass is 28.3. The summed E-state index contributed by atoms with van der Waals surface area (Å²) in [5, 5.41) is -0.563. The molecule has 0 bridgehead atoms. The Kier molecular flexibility index (Phi) is 4.60. The summed E-state index contributed by atoms with van der Waals surface area (Å²) in [6.07, 6.45) is 0. The largest absolute Gasteiger partial charge is 0.278 e. The van der Waals surface area contributed by atoms with Crippen LogP contribution in [0, 0.1) is 0 Å². The van der Waals surface area contributed by atoms with Gasteiger partial charge < -0.3 is 0 Å². The van der Waals surface area contributed by atoms with Crippen LogP contribution in [0.4, 0.5) is 0 Å². The van der Waals surface area contributed by atoms with E-state index in [4.69, 9.17) is 38.3 Å². The number of hydrogen-bond donors (Lipinski definition) is 0. The fourth-order valence-corrected chi connectivity index (χ4v) is 12.6. The Balaban J connectivity index is 1.27. The lowest BCUT2D eigenvalue weighted by Crippen LogP contribution is -2.74. The second-order valence-corrected chi connectivity index (χ2v) is 17.9. The second-order valence-electron chi connectivity index (χ2n) is 14.1. The van der Waals surface area contributed by atoms with Crippen LogP contribution in [0.25, 0.3) is 78.0 Å². The van der Waals surface area contributed by atoms with Crippen LogP contribution in [0.5, 0.6) is 0 Å². The smallest absolute Gasteiger partial charge is 0.240 e. The molecule has 0 radical (unpaired) electrons. The van der Waals surface area contributed by atoms with Gasteiger partial charge in [-0.15, -0.1) is 0 Å². The van der Waals surface area contributed by atoms with Gasteiger partial charge in [-0.25, -0.2) is 0 Å². The number of hydrogen-bond acceptors (Lipinski definition) is 3. The van der Waals surface area contributed by atoms with Crippen LogP contribution < -0.4 is 20.7 Å². The highest BCUT2D eigenvalue weighted by molar-refractivity contribution is 7.19. The first-order chi connectivity index (χ1) is 41.6. The number of nitrogens with zero attached hydrogens (tertiary/aromatic N) is 5. The molecule has 12 rings (SSSR count). The maximum absolute atomic E-state index is 10.3. The molecule has 9 aromatic carbocycles. The standard InChI is InChI=1S/C57H39N5Si/c1-4-19-40(20-5-1)42-21-18-26-46(39-42)63(43-22-6-2-7-23-43,44-24-8-3-9-25-44)45-37-35-41(36-38-45)55-58-56(61-51-31-14-10-27-47(51)48-28-11-15-32-52(48)61)60-57(59-55)62-53-33-16-12-29-49(53)50-30-13-17-34-54(50)62/h1-39H/i1D,4D,5D,10D,11D,12D,13D,14D,15D,16D,17D,19D,20D,27D,28D,29D,30D,31D,32D,33D,34D,35D,36D,37D,38D. The van der Waals surface area contributed by atoms with E-state index in [1.807, 2.05) is 0 Å². The maximum Gasteiger partial charge on any atom is 0.240 e. The molecule has 0 saturated heterocycles.